The highest BCUT2D eigenvalue weighted by atomic mass is 19.1. The summed E-state index contributed by atoms with van der Waals surface area (Å²) in [6.45, 7) is 5.89. The van der Waals surface area contributed by atoms with Crippen molar-refractivity contribution in [1.29, 1.82) is 0 Å². The van der Waals surface area contributed by atoms with Gasteiger partial charge in [0.15, 0.2) is 0 Å². The molecule has 0 aliphatic heterocycles. The highest BCUT2D eigenvalue weighted by Crippen LogP contribution is 2.18. The molecule has 0 N–H and O–H groups in total. The molecular weight excluding hydrogens is 184 g/mol. The first kappa shape index (κ1) is 10.8. The van der Waals surface area contributed by atoms with Crippen LogP contribution in [0.3, 0.4) is 0 Å². The number of hydrogen-bond acceptors (Lipinski definition) is 1. The van der Waals surface area contributed by atoms with Crippen molar-refractivity contribution >= 4 is 11.9 Å². The van der Waals surface area contributed by atoms with Crippen molar-refractivity contribution < 1.29 is 8.78 Å². The molecule has 0 fully saturated rings. The molecule has 0 saturated heterocycles. The number of aliphatic imine (C=N–C) groups is 1. The molecule has 0 atom stereocenters. The predicted molar refractivity (Wildman–Crippen MR) is 54.0 cm³/mol. The van der Waals surface area contributed by atoms with E-state index in [1.165, 1.54) is 12.1 Å². The summed E-state index contributed by atoms with van der Waals surface area (Å²) in [6, 6.07) is 3.23. The van der Waals surface area contributed by atoms with Gasteiger partial charge in [0.05, 0.1) is 5.69 Å². The van der Waals surface area contributed by atoms with E-state index in [1.54, 1.807) is 6.21 Å². The van der Waals surface area contributed by atoms with Crippen molar-refractivity contribution in [3.05, 3.63) is 29.8 Å². The fourth-order valence-electron chi connectivity index (χ4n) is 0.882. The molecule has 0 heterocycles. The Kier molecular flexibility index (Phi) is 2.99. The molecule has 0 bridgehead atoms. The number of rotatable bonds is 1. The van der Waals surface area contributed by atoms with E-state index in [1.807, 2.05) is 20.8 Å². The van der Waals surface area contributed by atoms with E-state index in [2.05, 4.69) is 4.99 Å². The predicted octanol–water partition coefficient (Wildman–Crippen LogP) is 3.71. The minimum absolute atomic E-state index is 0.0945. The maximum Gasteiger partial charge on any atom is 0.128 e. The molecule has 0 spiro atoms. The summed E-state index contributed by atoms with van der Waals surface area (Å²) in [4.78, 5) is 3.99. The molecule has 1 rings (SSSR count). The van der Waals surface area contributed by atoms with Gasteiger partial charge in [-0.25, -0.2) is 8.78 Å². The fourth-order valence-corrected chi connectivity index (χ4v) is 0.882. The molecule has 14 heavy (non-hydrogen) atoms. The molecule has 1 nitrogen and oxygen atoms in total. The molecule has 1 aromatic carbocycles. The van der Waals surface area contributed by atoms with Crippen LogP contribution in [0.15, 0.2) is 23.2 Å². The molecule has 0 aromatic heterocycles. The SMILES string of the molecule is CC(C)(C)C=Nc1cc(F)cc(F)c1. The van der Waals surface area contributed by atoms with Gasteiger partial charge in [0.2, 0.25) is 0 Å². The van der Waals surface area contributed by atoms with Crippen molar-refractivity contribution in [1.82, 2.24) is 0 Å². The largest absolute Gasteiger partial charge is 0.260 e. The van der Waals surface area contributed by atoms with Crippen molar-refractivity contribution in [2.75, 3.05) is 0 Å². The Bertz CT molecular complexity index is 331. The van der Waals surface area contributed by atoms with Gasteiger partial charge in [0.1, 0.15) is 11.6 Å². The molecule has 0 aliphatic rings. The second kappa shape index (κ2) is 3.86. The van der Waals surface area contributed by atoms with E-state index in [9.17, 15) is 8.78 Å². The molecule has 3 heteroatoms. The van der Waals surface area contributed by atoms with Gasteiger partial charge >= 0.3 is 0 Å². The Morgan fingerprint density at radius 3 is 2.00 bits per heavy atom. The normalized spacial score (nSPS) is 12.4. The number of nitrogens with zero attached hydrogens (tertiary/aromatic N) is 1. The molecular formula is C11H13F2N. The van der Waals surface area contributed by atoms with E-state index in [-0.39, 0.29) is 5.41 Å². The first-order chi connectivity index (χ1) is 6.37. The molecule has 0 unspecified atom stereocenters. The van der Waals surface area contributed by atoms with E-state index in [4.69, 9.17) is 0 Å². The maximum absolute atomic E-state index is 12.7. The van der Waals surface area contributed by atoms with Gasteiger partial charge in [0, 0.05) is 12.3 Å². The van der Waals surface area contributed by atoms with Gasteiger partial charge in [-0.1, -0.05) is 20.8 Å². The molecule has 0 aliphatic carbocycles. The zero-order valence-corrected chi connectivity index (χ0v) is 8.51. The third-order valence-corrected chi connectivity index (χ3v) is 1.45. The lowest BCUT2D eigenvalue weighted by Crippen LogP contribution is -2.05. The smallest absolute Gasteiger partial charge is 0.128 e. The van der Waals surface area contributed by atoms with Crippen LogP contribution in [0.5, 0.6) is 0 Å². The van der Waals surface area contributed by atoms with E-state index in [0.29, 0.717) is 5.69 Å². The van der Waals surface area contributed by atoms with Crippen molar-refractivity contribution in [2.24, 2.45) is 10.4 Å². The van der Waals surface area contributed by atoms with Crippen LogP contribution in [0.2, 0.25) is 0 Å². The van der Waals surface area contributed by atoms with Crippen molar-refractivity contribution in [3.8, 4) is 0 Å². The van der Waals surface area contributed by atoms with Gasteiger partial charge < -0.3 is 0 Å². The monoisotopic (exact) mass is 197 g/mol. The third-order valence-electron chi connectivity index (χ3n) is 1.45. The third kappa shape index (κ3) is 3.64. The zero-order valence-electron chi connectivity index (χ0n) is 8.51. The van der Waals surface area contributed by atoms with Gasteiger partial charge in [-0.3, -0.25) is 4.99 Å². The first-order valence-corrected chi connectivity index (χ1v) is 4.38. The summed E-state index contributed by atoms with van der Waals surface area (Å²) >= 11 is 0. The van der Waals surface area contributed by atoms with Crippen LogP contribution in [0, 0.1) is 17.0 Å². The minimum Gasteiger partial charge on any atom is -0.260 e. The summed E-state index contributed by atoms with van der Waals surface area (Å²) in [7, 11) is 0. The summed E-state index contributed by atoms with van der Waals surface area (Å²) in [5.74, 6) is -1.21. The van der Waals surface area contributed by atoms with Crippen molar-refractivity contribution in [2.45, 2.75) is 20.8 Å². The van der Waals surface area contributed by atoms with Gasteiger partial charge in [0.25, 0.3) is 0 Å². The van der Waals surface area contributed by atoms with Crippen LogP contribution in [0.25, 0.3) is 0 Å². The molecule has 0 amide bonds. The van der Waals surface area contributed by atoms with Crippen molar-refractivity contribution in [3.63, 3.8) is 0 Å². The first-order valence-electron chi connectivity index (χ1n) is 4.38. The standard InChI is InChI=1S/C11H13F2N/c1-11(2,3)7-14-10-5-8(12)4-9(13)6-10/h4-7H,1-3H3. The molecule has 0 radical (unpaired) electrons. The van der Waals surface area contributed by atoms with Crippen LogP contribution in [-0.2, 0) is 0 Å². The lowest BCUT2D eigenvalue weighted by molar-refractivity contribution is 0.583. The summed E-state index contributed by atoms with van der Waals surface area (Å²) in [5.41, 5.74) is 0.209. The van der Waals surface area contributed by atoms with Gasteiger partial charge in [-0.05, 0) is 17.5 Å². The lowest BCUT2D eigenvalue weighted by atomic mass is 9.99. The molecule has 76 valence electrons. The van der Waals surface area contributed by atoms with Crippen LogP contribution in [0.1, 0.15) is 20.8 Å². The average Bonchev–Trinajstić information content (AvgIpc) is 1.97. The second-order valence-corrected chi connectivity index (χ2v) is 4.25. The minimum atomic E-state index is -0.606. The van der Waals surface area contributed by atoms with Crippen LogP contribution >= 0.6 is 0 Å². The van der Waals surface area contributed by atoms with E-state index >= 15 is 0 Å². The Hall–Kier alpha value is -1.25. The zero-order chi connectivity index (χ0) is 10.8. The van der Waals surface area contributed by atoms with Crippen LogP contribution in [0.4, 0.5) is 14.5 Å². The average molecular weight is 197 g/mol. The second-order valence-electron chi connectivity index (χ2n) is 4.25. The van der Waals surface area contributed by atoms with E-state index < -0.39 is 11.6 Å². The van der Waals surface area contributed by atoms with Crippen LogP contribution < -0.4 is 0 Å². The molecule has 0 saturated carbocycles. The maximum atomic E-state index is 12.7. The quantitative estimate of drug-likeness (QED) is 0.608. The lowest BCUT2D eigenvalue weighted by Gasteiger charge is -2.09. The topological polar surface area (TPSA) is 12.4 Å². The summed E-state index contributed by atoms with van der Waals surface area (Å²) < 4.78 is 25.5. The van der Waals surface area contributed by atoms with Crippen LogP contribution in [-0.4, -0.2) is 6.21 Å². The summed E-state index contributed by atoms with van der Waals surface area (Å²) in [6.07, 6.45) is 1.67. The Morgan fingerprint density at radius 1 is 1.07 bits per heavy atom. The van der Waals surface area contributed by atoms with E-state index in [0.717, 1.165) is 6.07 Å². The molecule has 1 aromatic rings. The number of hydrogen-bond donors (Lipinski definition) is 0. The highest BCUT2D eigenvalue weighted by molar-refractivity contribution is 5.68. The highest BCUT2D eigenvalue weighted by Gasteiger charge is 2.05. The Labute approximate surface area is 82.5 Å². The van der Waals surface area contributed by atoms with Gasteiger partial charge in [-0.2, -0.15) is 0 Å². The number of benzene rings is 1. The number of halogens is 2. The fraction of sp³-hybridized carbons (Fsp3) is 0.364. The summed E-state index contributed by atoms with van der Waals surface area (Å²) in [5, 5.41) is 0. The van der Waals surface area contributed by atoms with Gasteiger partial charge in [-0.15, -0.1) is 0 Å². The Balaban J connectivity index is 2.92. The Morgan fingerprint density at radius 2 is 1.57 bits per heavy atom.